The van der Waals surface area contributed by atoms with Crippen molar-refractivity contribution in [3.63, 3.8) is 0 Å². The van der Waals surface area contributed by atoms with Crippen molar-refractivity contribution < 1.29 is 13.3 Å². The fourth-order valence-electron chi connectivity index (χ4n) is 2.27. The van der Waals surface area contributed by atoms with Gasteiger partial charge in [-0.3, -0.25) is 10.1 Å². The van der Waals surface area contributed by atoms with Crippen LogP contribution in [0.25, 0.3) is 0 Å². The fraction of sp³-hybridized carbons (Fsp3) is 0.600. The molecule has 0 amide bonds. The fourth-order valence-corrected chi connectivity index (χ4v) is 5.76. The van der Waals surface area contributed by atoms with Gasteiger partial charge >= 0.3 is 0 Å². The lowest BCUT2D eigenvalue weighted by atomic mass is 10.2. The predicted molar refractivity (Wildman–Crippen MR) is 76.8 cm³/mol. The summed E-state index contributed by atoms with van der Waals surface area (Å²) in [4.78, 5) is 10.1. The van der Waals surface area contributed by atoms with Crippen LogP contribution < -0.4 is 5.32 Å². The molecule has 1 aromatic rings. The second kappa shape index (κ2) is 5.94. The Labute approximate surface area is 125 Å². The average molecular weight is 340 g/mol. The van der Waals surface area contributed by atoms with Gasteiger partial charge in [0.05, 0.1) is 4.92 Å². The Kier molecular flexibility index (Phi) is 4.65. The van der Waals surface area contributed by atoms with E-state index in [-0.39, 0.29) is 20.3 Å². The maximum absolute atomic E-state index is 12.5. The molecule has 0 saturated carbocycles. The molecular formula is C10H14ClN3O4S2. The molecule has 112 valence electrons. The first-order valence-corrected chi connectivity index (χ1v) is 8.61. The summed E-state index contributed by atoms with van der Waals surface area (Å²) in [5.74, 6) is 0. The molecule has 0 aromatic carbocycles. The Balaban J connectivity index is 2.35. The number of rotatable bonds is 5. The minimum absolute atomic E-state index is 0.0720. The summed E-state index contributed by atoms with van der Waals surface area (Å²) in [6.07, 6.45) is 1.56. The lowest BCUT2D eigenvalue weighted by Crippen LogP contribution is -2.40. The quantitative estimate of drug-likeness (QED) is 0.650. The molecule has 1 N–H and O–H groups in total. The van der Waals surface area contributed by atoms with Gasteiger partial charge in [0.15, 0.2) is 4.34 Å². The van der Waals surface area contributed by atoms with E-state index < -0.39 is 14.9 Å². The first-order valence-electron chi connectivity index (χ1n) is 5.98. The number of nitrogens with zero attached hydrogens (tertiary/aromatic N) is 2. The standard InChI is InChI=1S/C10H14ClN3O4S2/c1-12-6-7-3-2-4-13(7)20(17,18)9-5-8(14(15)16)10(11)19-9/h5,7,12H,2-4,6H2,1H3. The van der Waals surface area contributed by atoms with Crippen molar-refractivity contribution in [3.8, 4) is 0 Å². The highest BCUT2D eigenvalue weighted by Gasteiger charge is 2.37. The zero-order valence-corrected chi connectivity index (χ0v) is 13.1. The molecule has 0 radical (unpaired) electrons. The first kappa shape index (κ1) is 15.6. The van der Waals surface area contributed by atoms with Crippen molar-refractivity contribution in [1.29, 1.82) is 0 Å². The Morgan fingerprint density at radius 1 is 1.65 bits per heavy atom. The summed E-state index contributed by atoms with van der Waals surface area (Å²) >= 11 is 6.46. The van der Waals surface area contributed by atoms with E-state index in [1.54, 1.807) is 7.05 Å². The van der Waals surface area contributed by atoms with Crippen molar-refractivity contribution in [2.24, 2.45) is 0 Å². The van der Waals surface area contributed by atoms with Crippen molar-refractivity contribution in [2.45, 2.75) is 23.1 Å². The van der Waals surface area contributed by atoms with Crippen LogP contribution in [-0.4, -0.2) is 43.8 Å². The third kappa shape index (κ3) is 2.82. The lowest BCUT2D eigenvalue weighted by molar-refractivity contribution is -0.384. The van der Waals surface area contributed by atoms with Gasteiger partial charge in [-0.25, -0.2) is 8.42 Å². The van der Waals surface area contributed by atoms with Crippen LogP contribution >= 0.6 is 22.9 Å². The topological polar surface area (TPSA) is 92.6 Å². The number of likely N-dealkylation sites (N-methyl/N-ethyl adjacent to an activating group) is 1. The highest BCUT2D eigenvalue weighted by atomic mass is 35.5. The van der Waals surface area contributed by atoms with Gasteiger partial charge in [0.1, 0.15) is 4.21 Å². The Morgan fingerprint density at radius 3 is 2.90 bits per heavy atom. The number of nitro groups is 1. The van der Waals surface area contributed by atoms with Gasteiger partial charge in [0.25, 0.3) is 15.7 Å². The zero-order chi connectivity index (χ0) is 14.9. The smallest absolute Gasteiger partial charge is 0.300 e. The number of thiophene rings is 1. The van der Waals surface area contributed by atoms with Crippen molar-refractivity contribution in [2.75, 3.05) is 20.1 Å². The zero-order valence-electron chi connectivity index (χ0n) is 10.7. The van der Waals surface area contributed by atoms with Gasteiger partial charge in [-0.15, -0.1) is 11.3 Å². The van der Waals surface area contributed by atoms with Crippen LogP contribution in [0.1, 0.15) is 12.8 Å². The van der Waals surface area contributed by atoms with Crippen molar-refractivity contribution in [1.82, 2.24) is 9.62 Å². The molecule has 2 rings (SSSR count). The van der Waals surface area contributed by atoms with Gasteiger partial charge < -0.3 is 5.32 Å². The summed E-state index contributed by atoms with van der Waals surface area (Å²) in [6, 6.07) is 0.918. The van der Waals surface area contributed by atoms with E-state index in [1.165, 1.54) is 4.31 Å². The normalized spacial score (nSPS) is 20.4. The van der Waals surface area contributed by atoms with Gasteiger partial charge in [0.2, 0.25) is 0 Å². The van der Waals surface area contributed by atoms with Gasteiger partial charge in [-0.05, 0) is 19.9 Å². The molecule has 10 heteroatoms. The monoisotopic (exact) mass is 339 g/mol. The summed E-state index contributed by atoms with van der Waals surface area (Å²) in [5.41, 5.74) is -0.361. The largest absolute Gasteiger partial charge is 0.318 e. The summed E-state index contributed by atoms with van der Waals surface area (Å²) in [7, 11) is -1.96. The average Bonchev–Trinajstić information content (AvgIpc) is 2.96. The molecule has 2 heterocycles. The molecule has 1 fully saturated rings. The first-order chi connectivity index (χ1) is 9.37. The molecule has 0 bridgehead atoms. The molecular weight excluding hydrogens is 326 g/mol. The Morgan fingerprint density at radius 2 is 2.35 bits per heavy atom. The molecule has 20 heavy (non-hydrogen) atoms. The van der Waals surface area contributed by atoms with Crippen LogP contribution in [0.15, 0.2) is 10.3 Å². The highest BCUT2D eigenvalue weighted by molar-refractivity contribution is 7.91. The van der Waals surface area contributed by atoms with Crippen LogP contribution in [0.4, 0.5) is 5.69 Å². The minimum Gasteiger partial charge on any atom is -0.318 e. The molecule has 1 aliphatic heterocycles. The van der Waals surface area contributed by atoms with Crippen LogP contribution in [0.5, 0.6) is 0 Å². The van der Waals surface area contributed by atoms with E-state index in [2.05, 4.69) is 5.32 Å². The molecule has 0 aliphatic carbocycles. The number of halogens is 1. The predicted octanol–water partition coefficient (Wildman–Crippen LogP) is 1.68. The maximum atomic E-state index is 12.5. The van der Waals surface area contributed by atoms with E-state index in [1.807, 2.05) is 0 Å². The number of hydrogen-bond acceptors (Lipinski definition) is 6. The highest BCUT2D eigenvalue weighted by Crippen LogP contribution is 2.38. The summed E-state index contributed by atoms with van der Waals surface area (Å²) < 4.78 is 26.3. The number of nitrogens with one attached hydrogen (secondary N) is 1. The second-order valence-corrected chi connectivity index (χ2v) is 8.22. The second-order valence-electron chi connectivity index (χ2n) is 4.45. The van der Waals surface area contributed by atoms with Gasteiger partial charge in [-0.2, -0.15) is 4.31 Å². The van der Waals surface area contributed by atoms with E-state index in [9.17, 15) is 18.5 Å². The van der Waals surface area contributed by atoms with Crippen LogP contribution in [-0.2, 0) is 10.0 Å². The third-order valence-electron chi connectivity index (χ3n) is 3.17. The van der Waals surface area contributed by atoms with E-state index in [4.69, 9.17) is 11.6 Å². The maximum Gasteiger partial charge on any atom is 0.300 e. The minimum atomic E-state index is -3.72. The molecule has 1 aliphatic rings. The molecule has 0 spiro atoms. The molecule has 1 atom stereocenters. The third-order valence-corrected chi connectivity index (χ3v) is 6.91. The van der Waals surface area contributed by atoms with Gasteiger partial charge in [-0.1, -0.05) is 11.6 Å². The van der Waals surface area contributed by atoms with Crippen molar-refractivity contribution >= 4 is 38.6 Å². The van der Waals surface area contributed by atoms with Crippen LogP contribution in [0.2, 0.25) is 4.34 Å². The van der Waals surface area contributed by atoms with Gasteiger partial charge in [0, 0.05) is 25.2 Å². The SMILES string of the molecule is CNCC1CCCN1S(=O)(=O)c1cc([N+](=O)[O-])c(Cl)s1. The van der Waals surface area contributed by atoms with E-state index in [0.717, 1.165) is 30.2 Å². The van der Waals surface area contributed by atoms with Crippen molar-refractivity contribution in [3.05, 3.63) is 20.5 Å². The Bertz CT molecular complexity index is 616. The molecule has 1 saturated heterocycles. The Hall–Kier alpha value is -0.740. The molecule has 1 unspecified atom stereocenters. The number of hydrogen-bond donors (Lipinski definition) is 1. The molecule has 7 nitrogen and oxygen atoms in total. The summed E-state index contributed by atoms with van der Waals surface area (Å²) in [5, 5.41) is 13.7. The van der Waals surface area contributed by atoms with Crippen LogP contribution in [0.3, 0.4) is 0 Å². The van der Waals surface area contributed by atoms with E-state index in [0.29, 0.717) is 13.1 Å². The number of sulfonamides is 1. The molecule has 1 aromatic heterocycles. The summed E-state index contributed by atoms with van der Waals surface area (Å²) in [6.45, 7) is 0.985. The van der Waals surface area contributed by atoms with E-state index >= 15 is 0 Å². The van der Waals surface area contributed by atoms with Crippen LogP contribution in [0, 0.1) is 10.1 Å². The lowest BCUT2D eigenvalue weighted by Gasteiger charge is -2.22.